The minimum absolute atomic E-state index is 0.0242. The summed E-state index contributed by atoms with van der Waals surface area (Å²) in [5, 5.41) is 12.7. The van der Waals surface area contributed by atoms with Crippen LogP contribution in [-0.4, -0.2) is 40.4 Å². The van der Waals surface area contributed by atoms with Crippen LogP contribution in [0.2, 0.25) is 0 Å². The highest BCUT2D eigenvalue weighted by molar-refractivity contribution is 5.95. The molecule has 0 aliphatic heterocycles. The maximum atomic E-state index is 12.9. The molecular formula is C27H28N8O. The molecule has 182 valence electrons. The first-order valence-corrected chi connectivity index (χ1v) is 12.4. The number of nitrogens with zero attached hydrogens (tertiary/aromatic N) is 6. The number of H-pyrrole nitrogens is 1. The van der Waals surface area contributed by atoms with Gasteiger partial charge in [-0.2, -0.15) is 10.2 Å². The molecule has 1 amide bonds. The van der Waals surface area contributed by atoms with Crippen LogP contribution < -0.4 is 5.32 Å². The van der Waals surface area contributed by atoms with Crippen molar-refractivity contribution in [3.8, 4) is 22.5 Å². The quantitative estimate of drug-likeness (QED) is 0.362. The Morgan fingerprint density at radius 3 is 2.83 bits per heavy atom. The van der Waals surface area contributed by atoms with Gasteiger partial charge in [0, 0.05) is 42.5 Å². The molecule has 0 bridgehead atoms. The number of carbonyl (C=O) groups is 1. The number of carbonyl (C=O) groups excluding carboxylic acids is 1. The lowest BCUT2D eigenvalue weighted by molar-refractivity contribution is 0.0934. The van der Waals surface area contributed by atoms with E-state index in [1.165, 1.54) is 11.1 Å². The molecule has 1 aliphatic rings. The highest BCUT2D eigenvalue weighted by atomic mass is 16.1. The average Bonchev–Trinajstić information content (AvgIpc) is 3.62. The molecule has 4 heterocycles. The van der Waals surface area contributed by atoms with E-state index in [9.17, 15) is 4.79 Å². The van der Waals surface area contributed by atoms with Gasteiger partial charge in [-0.3, -0.25) is 14.2 Å². The van der Waals surface area contributed by atoms with Gasteiger partial charge in [0.25, 0.3) is 5.91 Å². The fraction of sp³-hybridized carbons (Fsp3) is 0.296. The van der Waals surface area contributed by atoms with Crippen molar-refractivity contribution in [1.29, 1.82) is 0 Å². The molecule has 0 spiro atoms. The minimum atomic E-state index is -0.0793. The van der Waals surface area contributed by atoms with Gasteiger partial charge in [-0.05, 0) is 49.4 Å². The first kappa shape index (κ1) is 22.2. The summed E-state index contributed by atoms with van der Waals surface area (Å²) in [6, 6.07) is 8.56. The number of benzene rings is 1. The highest BCUT2D eigenvalue weighted by Crippen LogP contribution is 2.34. The smallest absolute Gasteiger partial charge is 0.254 e. The molecule has 36 heavy (non-hydrogen) atoms. The summed E-state index contributed by atoms with van der Waals surface area (Å²) < 4.78 is 3.55. The molecule has 6 rings (SSSR count). The molecule has 0 fully saturated rings. The second-order valence-corrected chi connectivity index (χ2v) is 9.34. The number of hydrogen-bond donors (Lipinski definition) is 2. The van der Waals surface area contributed by atoms with Crippen LogP contribution in [0.4, 0.5) is 0 Å². The van der Waals surface area contributed by atoms with Gasteiger partial charge >= 0.3 is 0 Å². The van der Waals surface area contributed by atoms with Crippen LogP contribution >= 0.6 is 0 Å². The van der Waals surface area contributed by atoms with Crippen molar-refractivity contribution in [2.45, 2.75) is 45.2 Å². The van der Waals surface area contributed by atoms with Crippen LogP contribution in [0, 0.1) is 0 Å². The monoisotopic (exact) mass is 480 g/mol. The van der Waals surface area contributed by atoms with E-state index in [1.54, 1.807) is 28.1 Å². The maximum absolute atomic E-state index is 12.9. The summed E-state index contributed by atoms with van der Waals surface area (Å²) in [5.74, 6) is -0.0793. The molecule has 0 saturated heterocycles. The van der Waals surface area contributed by atoms with Gasteiger partial charge in [0.05, 0.1) is 35.4 Å². The molecule has 9 nitrogen and oxygen atoms in total. The Bertz CT molecular complexity index is 1560. The lowest BCUT2D eigenvalue weighted by atomic mass is 9.95. The van der Waals surface area contributed by atoms with Crippen LogP contribution in [0.1, 0.15) is 53.7 Å². The Morgan fingerprint density at radius 2 is 2.03 bits per heavy atom. The third kappa shape index (κ3) is 4.06. The number of fused-ring (bicyclic) bond motifs is 2. The van der Waals surface area contributed by atoms with Crippen molar-refractivity contribution in [2.24, 2.45) is 7.05 Å². The van der Waals surface area contributed by atoms with Crippen molar-refractivity contribution in [1.82, 2.24) is 39.8 Å². The zero-order chi connectivity index (χ0) is 24.6. The van der Waals surface area contributed by atoms with Crippen molar-refractivity contribution >= 4 is 16.9 Å². The van der Waals surface area contributed by atoms with E-state index >= 15 is 0 Å². The van der Waals surface area contributed by atoms with E-state index in [0.717, 1.165) is 65.8 Å². The normalized spacial score (nSPS) is 15.6. The Morgan fingerprint density at radius 1 is 1.11 bits per heavy atom. The van der Waals surface area contributed by atoms with E-state index in [-0.39, 0.29) is 11.9 Å². The number of amides is 1. The van der Waals surface area contributed by atoms with Gasteiger partial charge in [-0.15, -0.1) is 0 Å². The summed E-state index contributed by atoms with van der Waals surface area (Å²) in [7, 11) is 1.90. The predicted octanol–water partition coefficient (Wildman–Crippen LogP) is 4.44. The largest absolute Gasteiger partial charge is 0.345 e. The Balaban J connectivity index is 1.33. The summed E-state index contributed by atoms with van der Waals surface area (Å²) in [5.41, 5.74) is 7.75. The first-order chi connectivity index (χ1) is 17.6. The van der Waals surface area contributed by atoms with E-state index in [2.05, 4.69) is 54.7 Å². The van der Waals surface area contributed by atoms with Gasteiger partial charge in [0.15, 0.2) is 0 Å². The predicted molar refractivity (Wildman–Crippen MR) is 137 cm³/mol. The third-order valence-electron chi connectivity index (χ3n) is 6.95. The fourth-order valence-corrected chi connectivity index (χ4v) is 5.06. The average molecular weight is 481 g/mol. The number of hydrogen-bond acceptors (Lipinski definition) is 5. The zero-order valence-electron chi connectivity index (χ0n) is 20.4. The second kappa shape index (κ2) is 9.07. The van der Waals surface area contributed by atoms with Gasteiger partial charge in [0.1, 0.15) is 12.0 Å². The van der Waals surface area contributed by atoms with Crippen LogP contribution in [0.3, 0.4) is 0 Å². The van der Waals surface area contributed by atoms with Crippen LogP contribution in [-0.2, 0) is 20.0 Å². The number of aromatic amines is 1. The Kier molecular flexibility index (Phi) is 5.59. The third-order valence-corrected chi connectivity index (χ3v) is 6.95. The molecule has 5 aromatic rings. The molecule has 0 saturated carbocycles. The zero-order valence-corrected chi connectivity index (χ0v) is 20.4. The molecular weight excluding hydrogens is 452 g/mol. The lowest BCUT2D eigenvalue weighted by Crippen LogP contribution is -2.28. The SMILES string of the molecule is CCn1cc(C(=O)NC2CCCCc3cc(-c4ncnc5[nH]c(-c6cnn(C)c6)cc45)ccc32)cn1. The summed E-state index contributed by atoms with van der Waals surface area (Å²) in [4.78, 5) is 25.4. The second-order valence-electron chi connectivity index (χ2n) is 9.34. The van der Waals surface area contributed by atoms with Crippen molar-refractivity contribution in [2.75, 3.05) is 0 Å². The molecule has 2 N–H and O–H groups in total. The fourth-order valence-electron chi connectivity index (χ4n) is 5.06. The van der Waals surface area contributed by atoms with Gasteiger partial charge < -0.3 is 10.3 Å². The molecule has 0 radical (unpaired) electrons. The summed E-state index contributed by atoms with van der Waals surface area (Å²) >= 11 is 0. The van der Waals surface area contributed by atoms with Crippen LogP contribution in [0.25, 0.3) is 33.5 Å². The maximum Gasteiger partial charge on any atom is 0.254 e. The Hall–Kier alpha value is -4.27. The van der Waals surface area contributed by atoms with Crippen molar-refractivity contribution < 1.29 is 4.79 Å². The first-order valence-electron chi connectivity index (χ1n) is 12.4. The highest BCUT2D eigenvalue weighted by Gasteiger charge is 2.23. The molecule has 1 atom stereocenters. The van der Waals surface area contributed by atoms with Gasteiger partial charge in [-0.1, -0.05) is 18.6 Å². The number of aryl methyl sites for hydroxylation is 3. The van der Waals surface area contributed by atoms with Crippen LogP contribution in [0.5, 0.6) is 0 Å². The van der Waals surface area contributed by atoms with Crippen molar-refractivity contribution in [3.63, 3.8) is 0 Å². The topological polar surface area (TPSA) is 106 Å². The van der Waals surface area contributed by atoms with Crippen molar-refractivity contribution in [3.05, 3.63) is 72.1 Å². The van der Waals surface area contributed by atoms with Gasteiger partial charge in [0.2, 0.25) is 0 Å². The Labute approximate surface area is 208 Å². The minimum Gasteiger partial charge on any atom is -0.345 e. The summed E-state index contributed by atoms with van der Waals surface area (Å²) in [6.07, 6.45) is 12.9. The standard InChI is InChI=1S/C27H28N8O/c1-3-35-15-20(13-31-35)27(36)33-23-7-5-4-6-17-10-18(8-9-21(17)23)25-22-11-24(19-12-30-34(2)14-19)32-26(22)29-16-28-25/h8-16,23H,3-7H2,1-2H3,(H,33,36)(H,28,29,32). The van der Waals surface area contributed by atoms with E-state index in [0.29, 0.717) is 5.56 Å². The van der Waals surface area contributed by atoms with Gasteiger partial charge in [-0.25, -0.2) is 9.97 Å². The number of rotatable bonds is 5. The molecule has 4 aromatic heterocycles. The molecule has 9 heteroatoms. The molecule has 1 unspecified atom stereocenters. The number of nitrogens with one attached hydrogen (secondary N) is 2. The molecule has 1 aliphatic carbocycles. The van der Waals surface area contributed by atoms with E-state index in [1.807, 2.05) is 26.4 Å². The lowest BCUT2D eigenvalue weighted by Gasteiger charge is -2.20. The van der Waals surface area contributed by atoms with E-state index in [4.69, 9.17) is 0 Å². The number of aromatic nitrogens is 7. The summed E-state index contributed by atoms with van der Waals surface area (Å²) in [6.45, 7) is 2.75. The molecule has 1 aromatic carbocycles. The van der Waals surface area contributed by atoms with E-state index < -0.39 is 0 Å². The van der Waals surface area contributed by atoms with Crippen LogP contribution in [0.15, 0.2) is 55.4 Å².